The lowest BCUT2D eigenvalue weighted by molar-refractivity contribution is -0.148. The molecule has 0 unspecified atom stereocenters. The number of anilines is 3. The number of hydrogen-bond acceptors (Lipinski definition) is 18. The van der Waals surface area contributed by atoms with E-state index in [4.69, 9.17) is 16.1 Å². The first-order chi connectivity index (χ1) is 24.6. The Balaban J connectivity index is 0.000000305. The third-order valence-electron chi connectivity index (χ3n) is 6.35. The second kappa shape index (κ2) is 20.6. The van der Waals surface area contributed by atoms with Crippen LogP contribution in [0.5, 0.6) is 0 Å². The van der Waals surface area contributed by atoms with E-state index in [1.54, 1.807) is 11.8 Å². The highest BCUT2D eigenvalue weighted by atomic mass is 19.4. The van der Waals surface area contributed by atoms with Gasteiger partial charge in [-0.25, -0.2) is 20.9 Å². The van der Waals surface area contributed by atoms with Gasteiger partial charge in [-0.15, -0.1) is 15.3 Å². The van der Waals surface area contributed by atoms with Crippen molar-refractivity contribution < 1.29 is 42.6 Å². The highest BCUT2D eigenvalue weighted by molar-refractivity contribution is 6.34. The molecule has 3 aromatic heterocycles. The van der Waals surface area contributed by atoms with E-state index in [-0.39, 0.29) is 29.4 Å². The zero-order valence-electron chi connectivity index (χ0n) is 27.5. The number of likely N-dealkylation sites (tertiary alicyclic amines) is 1. The Bertz CT molecular complexity index is 1730. The molecule has 0 atom stereocenters. The first-order valence-electron chi connectivity index (χ1n) is 14.5. The molecule has 0 bridgehead atoms. The van der Waals surface area contributed by atoms with Crippen molar-refractivity contribution in [2.24, 2.45) is 10.9 Å². The van der Waals surface area contributed by atoms with E-state index in [0.29, 0.717) is 37.5 Å². The van der Waals surface area contributed by atoms with Gasteiger partial charge in [0.15, 0.2) is 0 Å². The number of halogens is 3. The normalized spacial score (nSPS) is 13.2. The third kappa shape index (κ3) is 14.7. The van der Waals surface area contributed by atoms with Crippen molar-refractivity contribution in [3.63, 3.8) is 0 Å². The quantitative estimate of drug-likeness (QED) is 0.0363. The fourth-order valence-corrected chi connectivity index (χ4v) is 3.68. The maximum absolute atomic E-state index is 12.7. The number of piperidine rings is 1. The molecule has 1 fully saturated rings. The summed E-state index contributed by atoms with van der Waals surface area (Å²) in [6.07, 6.45) is -1.38. The van der Waals surface area contributed by atoms with Crippen molar-refractivity contribution in [2.75, 3.05) is 29.3 Å². The molecule has 1 aromatic carbocycles. The first kappa shape index (κ1) is 41.2. The third-order valence-corrected chi connectivity index (χ3v) is 6.35. The number of carbonyl (C=O) groups excluding carboxylic acids is 2. The highest BCUT2D eigenvalue weighted by Crippen LogP contribution is 2.33. The Morgan fingerprint density at radius 1 is 0.865 bits per heavy atom. The molecule has 0 radical (unpaired) electrons. The minimum Gasteiger partial charge on any atom is -0.477 e. The molecule has 10 N–H and O–H groups in total. The molecule has 4 aromatic rings. The molecular weight excluding hydrogens is 705 g/mol. The van der Waals surface area contributed by atoms with Crippen molar-refractivity contribution >= 4 is 47.2 Å². The summed E-state index contributed by atoms with van der Waals surface area (Å²) in [5, 5.41) is 60.1. The van der Waals surface area contributed by atoms with Gasteiger partial charge >= 0.3 is 18.1 Å². The molecule has 0 spiro atoms. The molecule has 280 valence electrons. The van der Waals surface area contributed by atoms with E-state index in [2.05, 4.69) is 83.1 Å². The van der Waals surface area contributed by atoms with Crippen LogP contribution in [0.3, 0.4) is 0 Å². The number of benzene rings is 1. The van der Waals surface area contributed by atoms with Gasteiger partial charge in [-0.2, -0.15) is 33.9 Å². The predicted octanol–water partition coefficient (Wildman–Crippen LogP) is 0.158. The van der Waals surface area contributed by atoms with Crippen LogP contribution in [0.1, 0.15) is 50.7 Å². The summed E-state index contributed by atoms with van der Waals surface area (Å²) in [6, 6.07) is 5.29. The van der Waals surface area contributed by atoms with Crippen molar-refractivity contribution in [1.82, 2.24) is 66.8 Å². The number of ketones is 1. The maximum Gasteiger partial charge on any atom is 0.416 e. The average molecular weight is 739 g/mol. The van der Waals surface area contributed by atoms with E-state index in [0.717, 1.165) is 24.6 Å². The molecule has 1 saturated heterocycles. The van der Waals surface area contributed by atoms with E-state index in [1.807, 2.05) is 0 Å². The number of Topliss-reactive ketones (excluding diaryl/α,β-unsaturated/α-hetero) is 1. The van der Waals surface area contributed by atoms with Crippen molar-refractivity contribution in [3.05, 3.63) is 47.2 Å². The molecule has 1 aliphatic rings. The Labute approximate surface area is 289 Å². The fourth-order valence-electron chi connectivity index (χ4n) is 3.68. The van der Waals surface area contributed by atoms with Crippen molar-refractivity contribution in [2.45, 2.75) is 45.7 Å². The summed E-state index contributed by atoms with van der Waals surface area (Å²) in [5.74, 6) is 2.28. The number of rotatable bonds is 9. The summed E-state index contributed by atoms with van der Waals surface area (Å²) < 4.78 is 38.0. The highest BCUT2D eigenvalue weighted by Gasteiger charge is 2.31. The topological polar surface area (TPSA) is 350 Å². The molecule has 1 amide bonds. The summed E-state index contributed by atoms with van der Waals surface area (Å²) >= 11 is 0. The zero-order chi connectivity index (χ0) is 38.7. The van der Waals surface area contributed by atoms with Crippen LogP contribution >= 0.6 is 0 Å². The van der Waals surface area contributed by atoms with E-state index >= 15 is 0 Å². The van der Waals surface area contributed by atoms with Gasteiger partial charge in [-0.1, -0.05) is 27.4 Å². The Kier molecular flexibility index (Phi) is 16.3. The molecule has 24 nitrogen and oxygen atoms in total. The minimum atomic E-state index is -4.33. The molecular formula is C25H33F3N18O6. The number of amides is 1. The lowest BCUT2D eigenvalue weighted by Crippen LogP contribution is -2.38. The summed E-state index contributed by atoms with van der Waals surface area (Å²) in [6.45, 7) is 5.14. The van der Waals surface area contributed by atoms with Crippen molar-refractivity contribution in [3.8, 4) is 0 Å². The van der Waals surface area contributed by atoms with Gasteiger partial charge < -0.3 is 20.4 Å². The first-order valence-corrected chi connectivity index (χ1v) is 14.5. The predicted molar refractivity (Wildman–Crippen MR) is 170 cm³/mol. The van der Waals surface area contributed by atoms with Crippen molar-refractivity contribution in [1.29, 1.82) is 0 Å². The van der Waals surface area contributed by atoms with Crippen LogP contribution in [-0.2, 0) is 25.4 Å². The summed E-state index contributed by atoms with van der Waals surface area (Å²) in [7, 11) is 0. The minimum absolute atomic E-state index is 0.0835. The molecule has 0 saturated carbocycles. The number of nitrogens with two attached hydrogens (primary N) is 1. The number of nitrogens with zero attached hydrogens (tertiary/aromatic N) is 11. The monoisotopic (exact) mass is 738 g/mol. The number of nitrogen functional groups attached to an aromatic ring is 1. The smallest absolute Gasteiger partial charge is 0.416 e. The second-order valence-corrected chi connectivity index (χ2v) is 9.98. The number of H-pyrrole nitrogens is 3. The fraction of sp³-hybridized carbons (Fsp3) is 0.360. The van der Waals surface area contributed by atoms with Crippen LogP contribution in [0, 0.1) is 0 Å². The Morgan fingerprint density at radius 3 is 1.77 bits per heavy atom. The number of tetrazole rings is 3. The number of hydrazone groups is 1. The van der Waals surface area contributed by atoms with Gasteiger partial charge in [-0.05, 0) is 65.9 Å². The molecule has 4 heterocycles. The zero-order valence-corrected chi connectivity index (χ0v) is 27.5. The molecule has 52 heavy (non-hydrogen) atoms. The number of carboxylic acid groups (broad SMARTS) is 2. The molecule has 27 heteroatoms. The lowest BCUT2D eigenvalue weighted by atomic mass is 9.89. The second-order valence-electron chi connectivity index (χ2n) is 9.98. The standard InChI is InChI=1S/C17H19F3N6O.C4H6N6O2.C3H4O3.CH4N6/c1-11(10-21-16-22-24-25-23-16)15(27)26-8-6-13(7-9-26)12-2-4-14(5-3-12)17(18,19)20;1-2(3(11)12)5-6-4-7-9-10-8-4;1-2(4)3(5)6;2-3-1-4-6-7-5-1/h2-5,10,13H,6-9H2,1H3,(H2,21,22,23,24,25);1H3,(H,11,12)(H2,6,7,8,9,10);1H3,(H,5,6);2H2,(H2,3,4,5,6,7)/b11-10+;5-2+;;. The van der Waals surface area contributed by atoms with Crippen LogP contribution in [0.2, 0.25) is 0 Å². The average Bonchev–Trinajstić information content (AvgIpc) is 3.95. The molecule has 5 rings (SSSR count). The number of hydrogen-bond donors (Lipinski definition) is 9. The Hall–Kier alpha value is -6.93. The lowest BCUT2D eigenvalue weighted by Gasteiger charge is -2.32. The van der Waals surface area contributed by atoms with Crippen LogP contribution in [0.4, 0.5) is 31.0 Å². The van der Waals surface area contributed by atoms with Crippen LogP contribution in [0.15, 0.2) is 41.1 Å². The largest absolute Gasteiger partial charge is 0.477 e. The summed E-state index contributed by atoms with van der Waals surface area (Å²) in [5.41, 5.74) is 5.14. The van der Waals surface area contributed by atoms with Gasteiger partial charge in [0.25, 0.3) is 23.8 Å². The number of carbonyl (C=O) groups is 4. The number of aromatic amines is 3. The van der Waals surface area contributed by atoms with Crippen LogP contribution < -0.4 is 22.0 Å². The maximum atomic E-state index is 12.7. The van der Waals surface area contributed by atoms with Gasteiger partial charge in [0, 0.05) is 31.8 Å². The van der Waals surface area contributed by atoms with Crippen LogP contribution in [-0.4, -0.2) is 119 Å². The SMILES string of the molecule is C/C(=C\Nc1nn[nH]n1)C(=O)N1CCC(c2ccc(C(F)(F)F)cc2)CC1.C/C(=N\Nc1nn[nH]n1)C(=O)O.CC(=O)C(=O)O.NNc1nn[nH]n1. The van der Waals surface area contributed by atoms with Gasteiger partial charge in [-0.3, -0.25) is 15.0 Å². The van der Waals surface area contributed by atoms with E-state index in [1.165, 1.54) is 25.3 Å². The number of aromatic nitrogens is 12. The van der Waals surface area contributed by atoms with Gasteiger partial charge in [0.1, 0.15) is 5.71 Å². The molecule has 0 aliphatic carbocycles. The summed E-state index contributed by atoms with van der Waals surface area (Å²) in [4.78, 5) is 43.3. The van der Waals surface area contributed by atoms with E-state index < -0.39 is 29.5 Å². The van der Waals surface area contributed by atoms with Gasteiger partial charge in [0.2, 0.25) is 5.78 Å². The number of aliphatic carboxylic acids is 2. The van der Waals surface area contributed by atoms with Gasteiger partial charge in [0.05, 0.1) is 5.56 Å². The van der Waals surface area contributed by atoms with E-state index in [9.17, 15) is 32.3 Å². The number of carboxylic acids is 2. The van der Waals surface area contributed by atoms with Crippen LogP contribution in [0.25, 0.3) is 0 Å². The number of nitrogens with one attached hydrogen (secondary N) is 6. The Morgan fingerprint density at radius 2 is 1.37 bits per heavy atom. The number of alkyl halides is 3. The molecule has 1 aliphatic heterocycles. The number of hydrazine groups is 1.